The lowest BCUT2D eigenvalue weighted by Crippen LogP contribution is -2.39. The first kappa shape index (κ1) is 15.0. The number of amides is 1. The molecular formula is C12H16ClNO3S. The van der Waals surface area contributed by atoms with Crippen LogP contribution in [0.15, 0.2) is 12.1 Å². The quantitative estimate of drug-likeness (QED) is 0.876. The van der Waals surface area contributed by atoms with Crippen LogP contribution >= 0.6 is 22.9 Å². The molecule has 0 unspecified atom stereocenters. The zero-order valence-electron chi connectivity index (χ0n) is 10.4. The summed E-state index contributed by atoms with van der Waals surface area (Å²) in [5.74, 6) is -0.961. The third kappa shape index (κ3) is 4.66. The molecule has 0 radical (unpaired) electrons. The molecule has 0 fully saturated rings. The SMILES string of the molecule is CC(C)N(CCC(=O)O)C(=O)Cc1ccc(Cl)s1. The van der Waals surface area contributed by atoms with E-state index < -0.39 is 5.97 Å². The maximum Gasteiger partial charge on any atom is 0.305 e. The highest BCUT2D eigenvalue weighted by Gasteiger charge is 2.18. The molecule has 0 atom stereocenters. The molecule has 18 heavy (non-hydrogen) atoms. The van der Waals surface area contributed by atoms with Gasteiger partial charge in [0.2, 0.25) is 5.91 Å². The normalized spacial score (nSPS) is 10.7. The Morgan fingerprint density at radius 3 is 2.56 bits per heavy atom. The van der Waals surface area contributed by atoms with Gasteiger partial charge in [-0.1, -0.05) is 11.6 Å². The van der Waals surface area contributed by atoms with E-state index in [0.29, 0.717) is 4.34 Å². The molecule has 0 aromatic carbocycles. The van der Waals surface area contributed by atoms with Gasteiger partial charge >= 0.3 is 5.97 Å². The number of carbonyl (C=O) groups is 2. The summed E-state index contributed by atoms with van der Waals surface area (Å²) in [5, 5.41) is 8.67. The van der Waals surface area contributed by atoms with Crippen molar-refractivity contribution in [3.63, 3.8) is 0 Å². The lowest BCUT2D eigenvalue weighted by molar-refractivity contribution is -0.138. The monoisotopic (exact) mass is 289 g/mol. The molecule has 1 aromatic rings. The van der Waals surface area contributed by atoms with E-state index in [-0.39, 0.29) is 31.3 Å². The van der Waals surface area contributed by atoms with Gasteiger partial charge in [0.15, 0.2) is 0 Å². The topological polar surface area (TPSA) is 57.6 Å². The van der Waals surface area contributed by atoms with Crippen molar-refractivity contribution in [2.24, 2.45) is 0 Å². The number of hydrogen-bond acceptors (Lipinski definition) is 3. The molecule has 1 N–H and O–H groups in total. The van der Waals surface area contributed by atoms with Gasteiger partial charge in [-0.2, -0.15) is 0 Å². The number of carbonyl (C=O) groups excluding carboxylic acids is 1. The molecule has 0 spiro atoms. The van der Waals surface area contributed by atoms with Gasteiger partial charge in [-0.25, -0.2) is 0 Å². The molecule has 6 heteroatoms. The number of halogens is 1. The van der Waals surface area contributed by atoms with E-state index in [1.807, 2.05) is 19.9 Å². The number of hydrogen-bond donors (Lipinski definition) is 1. The van der Waals surface area contributed by atoms with Crippen LogP contribution in [-0.2, 0) is 16.0 Å². The van der Waals surface area contributed by atoms with Gasteiger partial charge in [-0.05, 0) is 26.0 Å². The molecule has 0 saturated heterocycles. The van der Waals surface area contributed by atoms with Gasteiger partial charge in [0, 0.05) is 17.5 Å². The van der Waals surface area contributed by atoms with Crippen molar-refractivity contribution in [3.05, 3.63) is 21.3 Å². The van der Waals surface area contributed by atoms with Crippen molar-refractivity contribution in [3.8, 4) is 0 Å². The summed E-state index contributed by atoms with van der Waals surface area (Å²) >= 11 is 7.18. The summed E-state index contributed by atoms with van der Waals surface area (Å²) in [6, 6.07) is 3.57. The molecule has 4 nitrogen and oxygen atoms in total. The van der Waals surface area contributed by atoms with E-state index in [1.165, 1.54) is 11.3 Å². The van der Waals surface area contributed by atoms with Crippen molar-refractivity contribution in [1.82, 2.24) is 4.90 Å². The fourth-order valence-electron chi connectivity index (χ4n) is 1.58. The highest BCUT2D eigenvalue weighted by Crippen LogP contribution is 2.22. The fourth-order valence-corrected chi connectivity index (χ4v) is 2.66. The third-order valence-electron chi connectivity index (χ3n) is 2.46. The van der Waals surface area contributed by atoms with Gasteiger partial charge in [0.1, 0.15) is 0 Å². The van der Waals surface area contributed by atoms with Crippen LogP contribution < -0.4 is 0 Å². The lowest BCUT2D eigenvalue weighted by atomic mass is 10.2. The second-order valence-corrected chi connectivity index (χ2v) is 6.01. The van der Waals surface area contributed by atoms with Gasteiger partial charge in [0.25, 0.3) is 0 Å². The summed E-state index contributed by atoms with van der Waals surface area (Å²) in [4.78, 5) is 25.1. The smallest absolute Gasteiger partial charge is 0.305 e. The summed E-state index contributed by atoms with van der Waals surface area (Å²) in [6.07, 6.45) is 0.240. The number of rotatable bonds is 6. The second kappa shape index (κ2) is 6.75. The summed E-state index contributed by atoms with van der Waals surface area (Å²) in [6.45, 7) is 3.99. The largest absolute Gasteiger partial charge is 0.481 e. The Hall–Kier alpha value is -1.07. The third-order valence-corrected chi connectivity index (χ3v) is 3.70. The minimum atomic E-state index is -0.896. The Bertz CT molecular complexity index is 431. The molecule has 1 amide bonds. The molecule has 1 aromatic heterocycles. The van der Waals surface area contributed by atoms with Gasteiger partial charge in [0.05, 0.1) is 17.2 Å². The number of thiophene rings is 1. The van der Waals surface area contributed by atoms with Crippen LogP contribution in [-0.4, -0.2) is 34.5 Å². The van der Waals surface area contributed by atoms with E-state index in [4.69, 9.17) is 16.7 Å². The Kier molecular flexibility index (Phi) is 5.62. The minimum Gasteiger partial charge on any atom is -0.481 e. The average Bonchev–Trinajstić information content (AvgIpc) is 2.63. The summed E-state index contributed by atoms with van der Waals surface area (Å²) < 4.78 is 0.652. The molecule has 0 bridgehead atoms. The summed E-state index contributed by atoms with van der Waals surface area (Å²) in [7, 11) is 0. The predicted molar refractivity (Wildman–Crippen MR) is 72.1 cm³/mol. The zero-order chi connectivity index (χ0) is 13.7. The molecular weight excluding hydrogens is 274 g/mol. The van der Waals surface area contributed by atoms with E-state index in [9.17, 15) is 9.59 Å². The fraction of sp³-hybridized carbons (Fsp3) is 0.500. The highest BCUT2D eigenvalue weighted by atomic mass is 35.5. The Morgan fingerprint density at radius 1 is 1.44 bits per heavy atom. The average molecular weight is 290 g/mol. The first-order chi connectivity index (χ1) is 8.40. The maximum atomic E-state index is 12.1. The Morgan fingerprint density at radius 2 is 2.11 bits per heavy atom. The molecule has 0 saturated carbocycles. The molecule has 0 aliphatic rings. The van der Waals surface area contributed by atoms with Crippen molar-refractivity contribution < 1.29 is 14.7 Å². The van der Waals surface area contributed by atoms with E-state index in [1.54, 1.807) is 11.0 Å². The van der Waals surface area contributed by atoms with Crippen molar-refractivity contribution in [2.45, 2.75) is 32.7 Å². The van der Waals surface area contributed by atoms with Gasteiger partial charge < -0.3 is 10.0 Å². The van der Waals surface area contributed by atoms with Gasteiger partial charge in [-0.15, -0.1) is 11.3 Å². The number of carboxylic acid groups (broad SMARTS) is 1. The van der Waals surface area contributed by atoms with Gasteiger partial charge in [-0.3, -0.25) is 9.59 Å². The maximum absolute atomic E-state index is 12.1. The zero-order valence-corrected chi connectivity index (χ0v) is 11.9. The number of nitrogens with zero attached hydrogens (tertiary/aromatic N) is 1. The molecule has 0 aliphatic heterocycles. The van der Waals surface area contributed by atoms with Crippen molar-refractivity contribution >= 4 is 34.8 Å². The van der Waals surface area contributed by atoms with Crippen LogP contribution in [0.25, 0.3) is 0 Å². The second-order valence-electron chi connectivity index (χ2n) is 4.21. The Balaban J connectivity index is 2.62. The van der Waals surface area contributed by atoms with E-state index in [0.717, 1.165) is 4.88 Å². The first-order valence-corrected chi connectivity index (χ1v) is 6.85. The van der Waals surface area contributed by atoms with Crippen molar-refractivity contribution in [2.75, 3.05) is 6.54 Å². The van der Waals surface area contributed by atoms with Crippen LogP contribution in [0.2, 0.25) is 4.34 Å². The minimum absolute atomic E-state index is 0.00714. The number of carboxylic acids is 1. The van der Waals surface area contributed by atoms with Crippen LogP contribution in [0.3, 0.4) is 0 Å². The highest BCUT2D eigenvalue weighted by molar-refractivity contribution is 7.16. The lowest BCUT2D eigenvalue weighted by Gasteiger charge is -2.26. The molecule has 1 rings (SSSR count). The van der Waals surface area contributed by atoms with Crippen LogP contribution in [0.4, 0.5) is 0 Å². The number of aliphatic carboxylic acids is 1. The van der Waals surface area contributed by atoms with Crippen molar-refractivity contribution in [1.29, 1.82) is 0 Å². The Labute approximate surface area is 115 Å². The molecule has 1 heterocycles. The van der Waals surface area contributed by atoms with Crippen LogP contribution in [0.5, 0.6) is 0 Å². The standard InChI is InChI=1S/C12H16ClNO3S/c1-8(2)14(6-5-12(16)17)11(15)7-9-3-4-10(13)18-9/h3-4,8H,5-7H2,1-2H3,(H,16,17). The van der Waals surface area contributed by atoms with Crippen LogP contribution in [0, 0.1) is 0 Å². The summed E-state index contributed by atoms with van der Waals surface area (Å²) in [5.41, 5.74) is 0. The first-order valence-electron chi connectivity index (χ1n) is 5.65. The predicted octanol–water partition coefficient (Wildman–Crippen LogP) is 2.66. The van der Waals surface area contributed by atoms with E-state index in [2.05, 4.69) is 0 Å². The van der Waals surface area contributed by atoms with E-state index >= 15 is 0 Å². The van der Waals surface area contributed by atoms with Crippen LogP contribution in [0.1, 0.15) is 25.1 Å². The molecule has 0 aliphatic carbocycles. The molecule has 100 valence electrons.